The predicted octanol–water partition coefficient (Wildman–Crippen LogP) is 2.79. The number of amides is 1. The van der Waals surface area contributed by atoms with Gasteiger partial charge in [0.05, 0.1) is 0 Å². The minimum Gasteiger partial charge on any atom is -0.356 e. The van der Waals surface area contributed by atoms with Crippen molar-refractivity contribution in [3.8, 4) is 0 Å². The lowest BCUT2D eigenvalue weighted by molar-refractivity contribution is -0.121. The first-order valence-electron chi connectivity index (χ1n) is 9.49. The molecule has 27 heavy (non-hydrogen) atoms. The van der Waals surface area contributed by atoms with Crippen LogP contribution in [0.3, 0.4) is 0 Å². The summed E-state index contributed by atoms with van der Waals surface area (Å²) in [7, 11) is 0. The lowest BCUT2D eigenvalue weighted by Crippen LogP contribution is -2.27. The monoisotopic (exact) mass is 409 g/mol. The first-order valence-corrected chi connectivity index (χ1v) is 11.6. The molecule has 2 heterocycles. The van der Waals surface area contributed by atoms with E-state index in [0.717, 1.165) is 29.5 Å². The van der Waals surface area contributed by atoms with Gasteiger partial charge in [-0.25, -0.2) is 0 Å². The van der Waals surface area contributed by atoms with Crippen LogP contribution in [0.2, 0.25) is 0 Å². The first-order chi connectivity index (χ1) is 13.1. The number of aryl methyl sites for hydroxylation is 2. The number of carbonyl (C=O) groups is 1. The molecule has 2 aromatic rings. The second-order valence-electron chi connectivity index (χ2n) is 6.91. The van der Waals surface area contributed by atoms with Gasteiger partial charge in [-0.15, -0.1) is 10.2 Å². The molecule has 0 radical (unpaired) electrons. The molecule has 1 saturated carbocycles. The standard InChI is InChI=1S/C18H27N5O2S2/c1-13-12-27-18(25)22(13)11-9-16(24)19-10-5-8-15-20-21-17(26-2)23(15)14-6-3-4-7-14/h12,14H,3-11H2,1-2H3,(H,19,24). The minimum atomic E-state index is -0.0189. The first kappa shape index (κ1) is 20.1. The van der Waals surface area contributed by atoms with E-state index in [4.69, 9.17) is 0 Å². The number of thiazole rings is 1. The fraction of sp³-hybridized carbons (Fsp3) is 0.667. The highest BCUT2D eigenvalue weighted by molar-refractivity contribution is 7.98. The SMILES string of the molecule is CSc1nnc(CCCNC(=O)CCn2c(C)csc2=O)n1C1CCCC1. The Morgan fingerprint density at radius 2 is 2.15 bits per heavy atom. The van der Waals surface area contributed by atoms with Gasteiger partial charge in [0.15, 0.2) is 5.16 Å². The van der Waals surface area contributed by atoms with Crippen molar-refractivity contribution in [3.63, 3.8) is 0 Å². The summed E-state index contributed by atoms with van der Waals surface area (Å²) in [5.74, 6) is 1.01. The molecule has 1 aliphatic carbocycles. The normalized spacial score (nSPS) is 14.7. The molecule has 0 bridgehead atoms. The van der Waals surface area contributed by atoms with Gasteiger partial charge < -0.3 is 14.5 Å². The van der Waals surface area contributed by atoms with Gasteiger partial charge in [-0.2, -0.15) is 0 Å². The third kappa shape index (κ3) is 5.01. The smallest absolute Gasteiger partial charge is 0.307 e. The van der Waals surface area contributed by atoms with Crippen molar-refractivity contribution in [3.05, 3.63) is 26.6 Å². The van der Waals surface area contributed by atoms with Gasteiger partial charge >= 0.3 is 4.87 Å². The second-order valence-corrected chi connectivity index (χ2v) is 8.50. The molecule has 3 rings (SSSR count). The summed E-state index contributed by atoms with van der Waals surface area (Å²) < 4.78 is 3.96. The van der Waals surface area contributed by atoms with Gasteiger partial charge in [-0.1, -0.05) is 35.9 Å². The molecule has 1 N–H and O–H groups in total. The Hall–Kier alpha value is -1.61. The Kier molecular flexibility index (Phi) is 7.12. The van der Waals surface area contributed by atoms with Crippen LogP contribution in [0.5, 0.6) is 0 Å². The summed E-state index contributed by atoms with van der Waals surface area (Å²) >= 11 is 2.82. The Labute approximate surface area is 167 Å². The molecule has 9 heteroatoms. The maximum atomic E-state index is 12.0. The summed E-state index contributed by atoms with van der Waals surface area (Å²) in [5.41, 5.74) is 0.911. The molecule has 0 unspecified atom stereocenters. The minimum absolute atomic E-state index is 0.00357. The summed E-state index contributed by atoms with van der Waals surface area (Å²) in [4.78, 5) is 23.7. The molecule has 0 spiro atoms. The molecule has 2 aromatic heterocycles. The highest BCUT2D eigenvalue weighted by Crippen LogP contribution is 2.33. The number of hydrogen-bond acceptors (Lipinski definition) is 6. The van der Waals surface area contributed by atoms with E-state index in [1.165, 1.54) is 37.0 Å². The summed E-state index contributed by atoms with van der Waals surface area (Å²) in [5, 5.41) is 14.5. The molecule has 1 fully saturated rings. The van der Waals surface area contributed by atoms with Crippen molar-refractivity contribution in [2.24, 2.45) is 0 Å². The van der Waals surface area contributed by atoms with Crippen LogP contribution in [0.15, 0.2) is 15.3 Å². The average Bonchev–Trinajstić information content (AvgIpc) is 3.38. The van der Waals surface area contributed by atoms with E-state index in [1.807, 2.05) is 18.6 Å². The molecule has 0 saturated heterocycles. The fourth-order valence-corrected chi connectivity index (χ4v) is 4.93. The largest absolute Gasteiger partial charge is 0.356 e. The van der Waals surface area contributed by atoms with E-state index < -0.39 is 0 Å². The van der Waals surface area contributed by atoms with E-state index in [-0.39, 0.29) is 10.8 Å². The van der Waals surface area contributed by atoms with Gasteiger partial charge in [0.2, 0.25) is 5.91 Å². The highest BCUT2D eigenvalue weighted by atomic mass is 32.2. The summed E-state index contributed by atoms with van der Waals surface area (Å²) in [6, 6.07) is 0.527. The Morgan fingerprint density at radius 3 is 2.81 bits per heavy atom. The van der Waals surface area contributed by atoms with Crippen LogP contribution in [0.4, 0.5) is 0 Å². The molecule has 1 aliphatic rings. The second kappa shape index (κ2) is 9.54. The third-order valence-electron chi connectivity index (χ3n) is 5.05. The van der Waals surface area contributed by atoms with Crippen molar-refractivity contribution in [1.29, 1.82) is 0 Å². The number of rotatable bonds is 9. The molecular formula is C18H27N5O2S2. The van der Waals surface area contributed by atoms with Crippen LogP contribution >= 0.6 is 23.1 Å². The number of nitrogens with one attached hydrogen (secondary N) is 1. The number of aromatic nitrogens is 4. The van der Waals surface area contributed by atoms with E-state index in [9.17, 15) is 9.59 Å². The lowest BCUT2D eigenvalue weighted by Gasteiger charge is -2.16. The predicted molar refractivity (Wildman–Crippen MR) is 109 cm³/mol. The Balaban J connectivity index is 1.44. The zero-order chi connectivity index (χ0) is 19.2. The average molecular weight is 410 g/mol. The van der Waals surface area contributed by atoms with Crippen molar-refractivity contribution < 1.29 is 4.79 Å². The van der Waals surface area contributed by atoms with E-state index >= 15 is 0 Å². The van der Waals surface area contributed by atoms with E-state index in [2.05, 4.69) is 20.1 Å². The quantitative estimate of drug-likeness (QED) is 0.509. The Morgan fingerprint density at radius 1 is 1.37 bits per heavy atom. The molecular weight excluding hydrogens is 382 g/mol. The number of hydrogen-bond donors (Lipinski definition) is 1. The van der Waals surface area contributed by atoms with Crippen LogP contribution in [0.1, 0.15) is 56.1 Å². The molecule has 7 nitrogen and oxygen atoms in total. The van der Waals surface area contributed by atoms with Crippen molar-refractivity contribution in [1.82, 2.24) is 24.6 Å². The molecule has 1 amide bonds. The Bertz CT molecular complexity index is 820. The maximum Gasteiger partial charge on any atom is 0.307 e. The van der Waals surface area contributed by atoms with Crippen molar-refractivity contribution in [2.45, 2.75) is 69.6 Å². The number of nitrogens with zero attached hydrogens (tertiary/aromatic N) is 4. The van der Waals surface area contributed by atoms with E-state index in [0.29, 0.717) is 25.6 Å². The fourth-order valence-electron chi connectivity index (χ4n) is 3.60. The highest BCUT2D eigenvalue weighted by Gasteiger charge is 2.23. The summed E-state index contributed by atoms with van der Waals surface area (Å²) in [6.45, 7) is 2.94. The van der Waals surface area contributed by atoms with Crippen LogP contribution in [0.25, 0.3) is 0 Å². The lowest BCUT2D eigenvalue weighted by atomic mass is 10.2. The van der Waals surface area contributed by atoms with E-state index in [1.54, 1.807) is 16.3 Å². The molecule has 0 aliphatic heterocycles. The zero-order valence-corrected chi connectivity index (χ0v) is 17.6. The zero-order valence-electron chi connectivity index (χ0n) is 15.9. The molecule has 0 atom stereocenters. The van der Waals surface area contributed by atoms with Gasteiger partial charge in [0, 0.05) is 43.0 Å². The molecule has 148 valence electrons. The van der Waals surface area contributed by atoms with Crippen LogP contribution in [0, 0.1) is 6.92 Å². The van der Waals surface area contributed by atoms with Crippen molar-refractivity contribution >= 4 is 29.0 Å². The van der Waals surface area contributed by atoms with Crippen LogP contribution < -0.4 is 10.2 Å². The van der Waals surface area contributed by atoms with Gasteiger partial charge in [-0.05, 0) is 32.4 Å². The third-order valence-corrected chi connectivity index (χ3v) is 6.57. The topological polar surface area (TPSA) is 81.8 Å². The maximum absolute atomic E-state index is 12.0. The van der Waals surface area contributed by atoms with Gasteiger partial charge in [-0.3, -0.25) is 9.59 Å². The number of carbonyl (C=O) groups excluding carboxylic acids is 1. The van der Waals surface area contributed by atoms with Gasteiger partial charge in [0.25, 0.3) is 0 Å². The van der Waals surface area contributed by atoms with Gasteiger partial charge in [0.1, 0.15) is 5.82 Å². The van der Waals surface area contributed by atoms with Crippen molar-refractivity contribution in [2.75, 3.05) is 12.8 Å². The van der Waals surface area contributed by atoms with Crippen LogP contribution in [-0.2, 0) is 17.8 Å². The van der Waals surface area contributed by atoms with Crippen LogP contribution in [-0.4, -0.2) is 38.0 Å². The summed E-state index contributed by atoms with van der Waals surface area (Å²) in [6.07, 6.45) is 8.98. The number of thioether (sulfide) groups is 1. The molecule has 0 aromatic carbocycles.